The Morgan fingerprint density at radius 1 is 0.810 bits per heavy atom. The summed E-state index contributed by atoms with van der Waals surface area (Å²) in [7, 11) is 4.76. The highest BCUT2D eigenvalue weighted by Crippen LogP contribution is 2.39. The molecular weight excluding hydrogens is 536 g/mol. The van der Waals surface area contributed by atoms with Gasteiger partial charge in [-0.2, -0.15) is 0 Å². The molecule has 0 aliphatic rings. The van der Waals surface area contributed by atoms with Gasteiger partial charge in [-0.05, 0) is 86.7 Å². The molecule has 4 rings (SSSR count). The Balaban J connectivity index is 1.78. The van der Waals surface area contributed by atoms with Crippen LogP contribution in [0.1, 0.15) is 35.4 Å². The molecule has 0 amide bonds. The van der Waals surface area contributed by atoms with Crippen molar-refractivity contribution in [3.05, 3.63) is 101 Å². The summed E-state index contributed by atoms with van der Waals surface area (Å²) < 4.78 is 29.0. The van der Waals surface area contributed by atoms with Crippen molar-refractivity contribution in [3.8, 4) is 29.0 Å². The molecule has 2 unspecified atom stereocenters. The van der Waals surface area contributed by atoms with E-state index < -0.39 is 17.7 Å². The molecule has 9 heteroatoms. The minimum atomic E-state index is -1.49. The van der Waals surface area contributed by atoms with Crippen molar-refractivity contribution in [1.29, 1.82) is 0 Å². The third-order valence-corrected chi connectivity index (χ3v) is 6.92. The van der Waals surface area contributed by atoms with Crippen LogP contribution >= 0.6 is 0 Å². The highest BCUT2D eigenvalue weighted by Gasteiger charge is 2.49. The number of aromatic nitrogens is 2. The van der Waals surface area contributed by atoms with Crippen molar-refractivity contribution in [2.45, 2.75) is 44.8 Å². The van der Waals surface area contributed by atoms with Crippen molar-refractivity contribution in [2.75, 3.05) is 21.3 Å². The van der Waals surface area contributed by atoms with Gasteiger partial charge < -0.3 is 28.8 Å². The number of carboxylic acid groups (broad SMARTS) is 1. The Labute approximate surface area is 246 Å². The maximum atomic E-state index is 13.1. The number of carbonyl (C=O) groups is 1. The van der Waals surface area contributed by atoms with Gasteiger partial charge in [0.1, 0.15) is 11.5 Å². The van der Waals surface area contributed by atoms with E-state index in [1.165, 1.54) is 0 Å². The fraction of sp³-hybridized carbons (Fsp3) is 0.303. The molecule has 1 N–H and O–H groups in total. The minimum absolute atomic E-state index is 0.0292. The highest BCUT2D eigenvalue weighted by atomic mass is 16.6. The lowest BCUT2D eigenvalue weighted by atomic mass is 9.82. The molecule has 3 aromatic carbocycles. The van der Waals surface area contributed by atoms with Gasteiger partial charge in [-0.15, -0.1) is 0 Å². The van der Waals surface area contributed by atoms with Crippen LogP contribution in [0.25, 0.3) is 0 Å². The second kappa shape index (κ2) is 13.7. The van der Waals surface area contributed by atoms with Crippen molar-refractivity contribution >= 4 is 5.97 Å². The lowest BCUT2D eigenvalue weighted by Crippen LogP contribution is -2.52. The molecule has 9 nitrogen and oxygen atoms in total. The molecule has 42 heavy (non-hydrogen) atoms. The van der Waals surface area contributed by atoms with Crippen LogP contribution in [-0.2, 0) is 16.8 Å². The summed E-state index contributed by atoms with van der Waals surface area (Å²) >= 11 is 0. The van der Waals surface area contributed by atoms with Crippen LogP contribution in [-0.4, -0.2) is 48.5 Å². The molecule has 1 aromatic heterocycles. The fourth-order valence-corrected chi connectivity index (χ4v) is 4.95. The molecule has 0 saturated carbocycles. The number of ether oxygens (including phenoxy) is 5. The maximum absolute atomic E-state index is 13.1. The first-order valence-electron chi connectivity index (χ1n) is 13.6. The van der Waals surface area contributed by atoms with Crippen LogP contribution in [0.4, 0.5) is 0 Å². The van der Waals surface area contributed by atoms with Crippen LogP contribution in [0.15, 0.2) is 78.9 Å². The predicted octanol–water partition coefficient (Wildman–Crippen LogP) is 5.95. The lowest BCUT2D eigenvalue weighted by Gasteiger charge is -2.39. The Morgan fingerprint density at radius 2 is 1.45 bits per heavy atom. The largest absolute Gasteiger partial charge is 0.497 e. The average Bonchev–Trinajstić information content (AvgIpc) is 2.99. The van der Waals surface area contributed by atoms with Gasteiger partial charge in [-0.3, -0.25) is 0 Å². The third kappa shape index (κ3) is 7.09. The van der Waals surface area contributed by atoms with Gasteiger partial charge in [0.15, 0.2) is 17.1 Å². The monoisotopic (exact) mass is 572 g/mol. The topological polar surface area (TPSA) is 109 Å². The van der Waals surface area contributed by atoms with E-state index in [1.807, 2.05) is 48.5 Å². The third-order valence-electron chi connectivity index (χ3n) is 6.92. The van der Waals surface area contributed by atoms with Gasteiger partial charge in [-0.25, -0.2) is 14.8 Å². The van der Waals surface area contributed by atoms with Gasteiger partial charge in [0.05, 0.1) is 21.3 Å². The number of aryl methyl sites for hydroxylation is 3. The molecule has 0 aliphatic heterocycles. The average molecular weight is 573 g/mol. The second-order valence-corrected chi connectivity index (χ2v) is 9.85. The minimum Gasteiger partial charge on any atom is -0.497 e. The van der Waals surface area contributed by atoms with Crippen molar-refractivity contribution < 1.29 is 33.6 Å². The van der Waals surface area contributed by atoms with E-state index in [0.29, 0.717) is 59.2 Å². The zero-order chi connectivity index (χ0) is 30.1. The van der Waals surface area contributed by atoms with E-state index in [2.05, 4.69) is 9.97 Å². The summed E-state index contributed by atoms with van der Waals surface area (Å²) in [5.74, 6) is 1.16. The van der Waals surface area contributed by atoms with Gasteiger partial charge in [0.25, 0.3) is 0 Å². The summed E-state index contributed by atoms with van der Waals surface area (Å²) in [6.45, 7) is 3.61. The van der Waals surface area contributed by atoms with Crippen LogP contribution in [0.3, 0.4) is 0 Å². The first kappa shape index (κ1) is 30.2. The number of carboxylic acids is 1. The van der Waals surface area contributed by atoms with Gasteiger partial charge >= 0.3 is 12.0 Å². The van der Waals surface area contributed by atoms with Crippen molar-refractivity contribution in [2.24, 2.45) is 0 Å². The molecule has 0 saturated heterocycles. The number of methoxy groups -OCH3 is 3. The summed E-state index contributed by atoms with van der Waals surface area (Å²) in [5, 5.41) is 10.7. The van der Waals surface area contributed by atoms with E-state index in [9.17, 15) is 9.90 Å². The number of aliphatic carboxylic acids is 1. The number of rotatable bonds is 14. The molecular formula is C33H36N2O7. The van der Waals surface area contributed by atoms with Crippen molar-refractivity contribution in [1.82, 2.24) is 9.97 Å². The highest BCUT2D eigenvalue weighted by molar-refractivity contribution is 5.75. The molecule has 0 bridgehead atoms. The van der Waals surface area contributed by atoms with E-state index in [1.54, 1.807) is 65.5 Å². The first-order valence-corrected chi connectivity index (χ1v) is 13.6. The van der Waals surface area contributed by atoms with E-state index in [4.69, 9.17) is 23.7 Å². The fourth-order valence-electron chi connectivity index (χ4n) is 4.95. The van der Waals surface area contributed by atoms with Crippen molar-refractivity contribution in [3.63, 3.8) is 0 Å². The summed E-state index contributed by atoms with van der Waals surface area (Å²) in [6, 6.07) is 23.8. The second-order valence-electron chi connectivity index (χ2n) is 9.85. The molecule has 220 valence electrons. The SMILES string of the molecule is COc1ccc(OC(CCCc2ccc(OC)c(OC)c2)(c2ccccc2)C(Oc2nc(C)cc(C)n2)C(=O)O)cc1. The zero-order valence-electron chi connectivity index (χ0n) is 24.5. The van der Waals surface area contributed by atoms with Gasteiger partial charge in [0, 0.05) is 11.4 Å². The molecule has 4 aromatic rings. The molecule has 0 spiro atoms. The van der Waals surface area contributed by atoms with E-state index in [0.717, 1.165) is 5.56 Å². The van der Waals surface area contributed by atoms with Crippen LogP contribution < -0.4 is 23.7 Å². The lowest BCUT2D eigenvalue weighted by molar-refractivity contribution is -0.159. The number of hydrogen-bond acceptors (Lipinski definition) is 8. The maximum Gasteiger partial charge on any atom is 0.349 e. The number of benzene rings is 3. The van der Waals surface area contributed by atoms with Crippen LogP contribution in [0, 0.1) is 13.8 Å². The summed E-state index contributed by atoms with van der Waals surface area (Å²) in [5.41, 5.74) is 1.52. The Morgan fingerprint density at radius 3 is 2.05 bits per heavy atom. The zero-order valence-corrected chi connectivity index (χ0v) is 24.5. The van der Waals surface area contributed by atoms with E-state index >= 15 is 0 Å². The molecule has 1 heterocycles. The standard InChI is InChI=1S/C33H36N2O7/c1-22-20-23(2)35-32(34-22)41-30(31(36)37)33(25-11-7-6-8-12-25,42-27-16-14-26(38-3)15-17-27)19-9-10-24-13-18-28(39-4)29(21-24)40-5/h6-8,11-18,20-21,30H,9-10,19H2,1-5H3,(H,36,37). The molecule has 0 radical (unpaired) electrons. The molecule has 0 aliphatic carbocycles. The Hall–Kier alpha value is -4.79. The molecule has 0 fully saturated rings. The van der Waals surface area contributed by atoms with E-state index in [-0.39, 0.29) is 6.01 Å². The molecule has 2 atom stereocenters. The first-order chi connectivity index (χ1) is 20.3. The van der Waals surface area contributed by atoms with Crippen LogP contribution in [0.5, 0.6) is 29.0 Å². The smallest absolute Gasteiger partial charge is 0.349 e. The Kier molecular flexibility index (Phi) is 9.85. The normalized spacial score (nSPS) is 13.0. The number of hydrogen-bond donors (Lipinski definition) is 1. The Bertz CT molecular complexity index is 1460. The summed E-state index contributed by atoms with van der Waals surface area (Å²) in [6.07, 6.45) is -0.0259. The van der Waals surface area contributed by atoms with Crippen LogP contribution in [0.2, 0.25) is 0 Å². The quantitative estimate of drug-likeness (QED) is 0.196. The summed E-state index contributed by atoms with van der Waals surface area (Å²) in [4.78, 5) is 21.8. The van der Waals surface area contributed by atoms with Gasteiger partial charge in [-0.1, -0.05) is 36.4 Å². The number of nitrogens with zero attached hydrogens (tertiary/aromatic N) is 2. The van der Waals surface area contributed by atoms with Gasteiger partial charge in [0.2, 0.25) is 6.10 Å². The predicted molar refractivity (Wildman–Crippen MR) is 158 cm³/mol.